The minimum Gasteiger partial charge on any atom is -0.361 e. The number of amides is 1. The lowest BCUT2D eigenvalue weighted by Crippen LogP contribution is -2.42. The molecule has 0 fully saturated rings. The number of carbonyl (C=O) groups is 1. The number of benzene rings is 3. The van der Waals surface area contributed by atoms with Gasteiger partial charge in [0.05, 0.1) is 15.6 Å². The lowest BCUT2D eigenvalue weighted by molar-refractivity contribution is 0.0666. The smallest absolute Gasteiger partial charge is 0.258 e. The summed E-state index contributed by atoms with van der Waals surface area (Å²) in [4.78, 5) is 15.0. The first-order chi connectivity index (χ1) is 12.6. The average molecular weight is 383 g/mol. The first-order valence-electron chi connectivity index (χ1n) is 8.29. The second-order valence-corrected chi connectivity index (χ2v) is 7.00. The molecule has 5 heteroatoms. The van der Waals surface area contributed by atoms with Crippen LogP contribution in [0.25, 0.3) is 0 Å². The first kappa shape index (κ1) is 17.0. The third-order valence-corrected chi connectivity index (χ3v) is 5.22. The Hall–Kier alpha value is -2.49. The number of rotatable bonds is 3. The predicted octanol–water partition coefficient (Wildman–Crippen LogP) is 5.76. The fourth-order valence-corrected chi connectivity index (χ4v) is 3.49. The third kappa shape index (κ3) is 3.16. The minimum atomic E-state index is -0.327. The van der Waals surface area contributed by atoms with E-state index in [0.29, 0.717) is 22.2 Å². The maximum atomic E-state index is 13.2. The predicted molar refractivity (Wildman–Crippen MR) is 106 cm³/mol. The van der Waals surface area contributed by atoms with Crippen molar-refractivity contribution < 1.29 is 4.79 Å². The van der Waals surface area contributed by atoms with Crippen molar-refractivity contribution in [1.82, 2.24) is 4.90 Å². The Bertz CT molecular complexity index is 959. The number of nitrogens with one attached hydrogen (secondary N) is 1. The van der Waals surface area contributed by atoms with E-state index in [1.54, 1.807) is 12.1 Å². The van der Waals surface area contributed by atoms with Crippen LogP contribution in [-0.4, -0.2) is 10.8 Å². The van der Waals surface area contributed by atoms with Gasteiger partial charge in [-0.25, -0.2) is 0 Å². The van der Waals surface area contributed by atoms with Crippen molar-refractivity contribution in [1.29, 1.82) is 0 Å². The molecule has 1 aliphatic heterocycles. The molecule has 0 aromatic heterocycles. The Kier molecular flexibility index (Phi) is 4.58. The molecule has 130 valence electrons. The highest BCUT2D eigenvalue weighted by Crippen LogP contribution is 2.36. The van der Waals surface area contributed by atoms with Gasteiger partial charge >= 0.3 is 0 Å². The van der Waals surface area contributed by atoms with Gasteiger partial charge in [-0.15, -0.1) is 0 Å². The summed E-state index contributed by atoms with van der Waals surface area (Å²) >= 11 is 12.3. The van der Waals surface area contributed by atoms with Gasteiger partial charge in [-0.3, -0.25) is 4.79 Å². The van der Waals surface area contributed by atoms with Crippen molar-refractivity contribution in [3.8, 4) is 0 Å². The molecule has 1 amide bonds. The number of carbonyl (C=O) groups excluding carboxylic acids is 1. The summed E-state index contributed by atoms with van der Waals surface area (Å²) in [5, 5.41) is 4.43. The summed E-state index contributed by atoms with van der Waals surface area (Å²) in [7, 11) is 0. The zero-order valence-corrected chi connectivity index (χ0v) is 15.3. The molecule has 3 aromatic rings. The maximum absolute atomic E-state index is 13.2. The van der Waals surface area contributed by atoms with Crippen LogP contribution in [0.15, 0.2) is 72.8 Å². The molecule has 0 bridgehead atoms. The number of nitrogens with zero attached hydrogens (tertiary/aromatic N) is 1. The highest BCUT2D eigenvalue weighted by Gasteiger charge is 2.33. The molecule has 0 spiro atoms. The van der Waals surface area contributed by atoms with Crippen molar-refractivity contribution in [2.75, 3.05) is 5.32 Å². The van der Waals surface area contributed by atoms with E-state index >= 15 is 0 Å². The number of halogens is 2. The van der Waals surface area contributed by atoms with E-state index in [1.165, 1.54) is 0 Å². The third-order valence-electron chi connectivity index (χ3n) is 4.48. The van der Waals surface area contributed by atoms with E-state index in [-0.39, 0.29) is 12.1 Å². The van der Waals surface area contributed by atoms with Crippen molar-refractivity contribution in [2.24, 2.45) is 0 Å². The van der Waals surface area contributed by atoms with Crippen molar-refractivity contribution in [3.63, 3.8) is 0 Å². The number of anilines is 1. The Morgan fingerprint density at radius 1 is 0.885 bits per heavy atom. The van der Waals surface area contributed by atoms with Crippen LogP contribution in [0.1, 0.15) is 27.7 Å². The van der Waals surface area contributed by atoms with Crippen LogP contribution in [0.5, 0.6) is 0 Å². The highest BCUT2D eigenvalue weighted by atomic mass is 35.5. The zero-order chi connectivity index (χ0) is 18.1. The largest absolute Gasteiger partial charge is 0.361 e. The molecule has 26 heavy (non-hydrogen) atoms. The Labute approximate surface area is 162 Å². The topological polar surface area (TPSA) is 32.3 Å². The molecule has 1 atom stereocenters. The van der Waals surface area contributed by atoms with Crippen LogP contribution < -0.4 is 5.32 Å². The number of hydrogen-bond donors (Lipinski definition) is 1. The molecule has 1 heterocycles. The summed E-state index contributed by atoms with van der Waals surface area (Å²) in [5.74, 6) is -0.0146. The van der Waals surface area contributed by atoms with E-state index in [4.69, 9.17) is 23.2 Å². The van der Waals surface area contributed by atoms with Gasteiger partial charge in [0.1, 0.15) is 6.17 Å². The van der Waals surface area contributed by atoms with Gasteiger partial charge in [-0.05, 0) is 35.4 Å². The SMILES string of the molecule is O=C1c2ccccc2N[C@@H](c2ccc(Cl)c(Cl)c2)N1Cc1ccccc1. The summed E-state index contributed by atoms with van der Waals surface area (Å²) in [6, 6.07) is 22.9. The molecule has 0 unspecified atom stereocenters. The van der Waals surface area contributed by atoms with Crippen LogP contribution in [0, 0.1) is 0 Å². The molecular weight excluding hydrogens is 367 g/mol. The molecule has 0 aliphatic carbocycles. The maximum Gasteiger partial charge on any atom is 0.258 e. The fourth-order valence-electron chi connectivity index (χ4n) is 3.18. The number of fused-ring (bicyclic) bond motifs is 1. The van der Waals surface area contributed by atoms with E-state index in [1.807, 2.05) is 65.6 Å². The number of hydrogen-bond acceptors (Lipinski definition) is 2. The van der Waals surface area contributed by atoms with E-state index in [2.05, 4.69) is 5.32 Å². The summed E-state index contributed by atoms with van der Waals surface area (Å²) in [5.41, 5.74) is 3.43. The molecular formula is C21H16Cl2N2O. The zero-order valence-electron chi connectivity index (χ0n) is 13.8. The summed E-state index contributed by atoms with van der Waals surface area (Å²) in [6.45, 7) is 0.492. The first-order valence-corrected chi connectivity index (χ1v) is 9.04. The molecule has 3 nitrogen and oxygen atoms in total. The average Bonchev–Trinajstić information content (AvgIpc) is 2.67. The monoisotopic (exact) mass is 382 g/mol. The van der Waals surface area contributed by atoms with Crippen LogP contribution in [0.3, 0.4) is 0 Å². The molecule has 0 radical (unpaired) electrons. The quantitative estimate of drug-likeness (QED) is 0.624. The Morgan fingerprint density at radius 3 is 2.38 bits per heavy atom. The van der Waals surface area contributed by atoms with Gasteiger partial charge in [-0.1, -0.05) is 71.7 Å². The van der Waals surface area contributed by atoms with Crippen LogP contribution in [0.2, 0.25) is 10.0 Å². The lowest BCUT2D eigenvalue weighted by atomic mass is 10.0. The van der Waals surface area contributed by atoms with Crippen molar-refractivity contribution in [3.05, 3.63) is 99.5 Å². The molecule has 1 aliphatic rings. The highest BCUT2D eigenvalue weighted by molar-refractivity contribution is 6.42. The van der Waals surface area contributed by atoms with Gasteiger partial charge in [0, 0.05) is 12.2 Å². The molecule has 1 N–H and O–H groups in total. The standard InChI is InChI=1S/C21H16Cl2N2O/c22-17-11-10-15(12-18(17)23)20-24-19-9-5-4-8-16(19)21(26)25(20)13-14-6-2-1-3-7-14/h1-12,20,24H,13H2/t20-/m1/s1. The summed E-state index contributed by atoms with van der Waals surface area (Å²) in [6.07, 6.45) is -0.327. The van der Waals surface area contributed by atoms with Gasteiger partial charge in [0.25, 0.3) is 5.91 Å². The van der Waals surface area contributed by atoms with Crippen LogP contribution >= 0.6 is 23.2 Å². The van der Waals surface area contributed by atoms with Crippen molar-refractivity contribution >= 4 is 34.8 Å². The van der Waals surface area contributed by atoms with E-state index in [9.17, 15) is 4.79 Å². The van der Waals surface area contributed by atoms with Crippen molar-refractivity contribution in [2.45, 2.75) is 12.7 Å². The normalized spacial score (nSPS) is 16.2. The molecule has 0 saturated heterocycles. The van der Waals surface area contributed by atoms with E-state index < -0.39 is 0 Å². The Balaban J connectivity index is 1.77. The molecule has 3 aromatic carbocycles. The van der Waals surface area contributed by atoms with Gasteiger partial charge in [0.2, 0.25) is 0 Å². The summed E-state index contributed by atoms with van der Waals surface area (Å²) < 4.78 is 0. The fraction of sp³-hybridized carbons (Fsp3) is 0.0952. The number of para-hydroxylation sites is 1. The molecule has 0 saturated carbocycles. The van der Waals surface area contributed by atoms with Gasteiger partial charge in [-0.2, -0.15) is 0 Å². The second kappa shape index (κ2) is 7.02. The Morgan fingerprint density at radius 2 is 1.62 bits per heavy atom. The van der Waals surface area contributed by atoms with Gasteiger partial charge in [0.15, 0.2) is 0 Å². The van der Waals surface area contributed by atoms with Crippen LogP contribution in [-0.2, 0) is 6.54 Å². The minimum absolute atomic E-state index is 0.0146. The second-order valence-electron chi connectivity index (χ2n) is 6.18. The lowest BCUT2D eigenvalue weighted by Gasteiger charge is -2.38. The van der Waals surface area contributed by atoms with Gasteiger partial charge < -0.3 is 10.2 Å². The van der Waals surface area contributed by atoms with Crippen LogP contribution in [0.4, 0.5) is 5.69 Å². The molecule has 4 rings (SSSR count). The van der Waals surface area contributed by atoms with E-state index in [0.717, 1.165) is 16.8 Å².